The van der Waals surface area contributed by atoms with Crippen molar-refractivity contribution >= 4 is 48.3 Å². The summed E-state index contributed by atoms with van der Waals surface area (Å²) in [6.07, 6.45) is 8.41. The Morgan fingerprint density at radius 2 is 1.55 bits per heavy atom. The molecule has 11 atom stereocenters. The number of esters is 2. The standard InChI is InChI=1S/C59H92N4O14/c1-37-34-72-48(67)33-63(30-18-29-62(52(70)76-55(8,9)10)28-16-15-26-61(14)27-17-25-60-51(69)75-54(5,6)7)53(71)77-56(11,12)39(3)49(37)50(68)47(73-36-64)32-44-46(74-40(4)65)31-43-42-20-19-41-38(2)45(66)21-22-58(41)35-59(42,58)24-23-57(43,44)13/h21-22,36-38,41-44,46-47H,15-20,23-35H2,1-14H3,(H,60,69)/b49-39+/t37?,38-,41?,42?,43?,44?,46?,47?,57?,58?,59?/m0/s1. The molecule has 3 amide bonds. The van der Waals surface area contributed by atoms with Gasteiger partial charge in [-0.3, -0.25) is 28.9 Å². The third-order valence-corrected chi connectivity index (χ3v) is 18.3. The summed E-state index contributed by atoms with van der Waals surface area (Å²) in [7, 11) is 2.00. The van der Waals surface area contributed by atoms with Gasteiger partial charge < -0.3 is 43.5 Å². The first-order valence-electron chi connectivity index (χ1n) is 28.4. The van der Waals surface area contributed by atoms with E-state index in [0.29, 0.717) is 43.3 Å². The van der Waals surface area contributed by atoms with Crippen molar-refractivity contribution in [2.75, 3.05) is 59.5 Å². The van der Waals surface area contributed by atoms with Crippen molar-refractivity contribution in [1.82, 2.24) is 20.0 Å². The van der Waals surface area contributed by atoms with Gasteiger partial charge in [0, 0.05) is 56.4 Å². The number of amides is 3. The van der Waals surface area contributed by atoms with Crippen LogP contribution in [0.3, 0.4) is 0 Å². The maximum atomic E-state index is 15.2. The van der Waals surface area contributed by atoms with E-state index in [-0.39, 0.29) is 84.4 Å². The Labute approximate surface area is 457 Å². The van der Waals surface area contributed by atoms with Crippen molar-refractivity contribution in [2.45, 2.75) is 190 Å². The number of ketones is 2. The molecule has 2 spiro atoms. The van der Waals surface area contributed by atoms with Crippen molar-refractivity contribution in [1.29, 1.82) is 0 Å². The Morgan fingerprint density at radius 1 is 0.896 bits per heavy atom. The molecule has 4 fully saturated rings. The van der Waals surface area contributed by atoms with Crippen LogP contribution in [0.15, 0.2) is 23.3 Å². The van der Waals surface area contributed by atoms with Crippen LogP contribution < -0.4 is 5.32 Å². The van der Waals surface area contributed by atoms with Crippen molar-refractivity contribution in [2.24, 2.45) is 51.8 Å². The summed E-state index contributed by atoms with van der Waals surface area (Å²) in [6, 6.07) is 0. The van der Waals surface area contributed by atoms with Crippen LogP contribution >= 0.6 is 0 Å². The summed E-state index contributed by atoms with van der Waals surface area (Å²) < 4.78 is 34.9. The van der Waals surface area contributed by atoms with Gasteiger partial charge in [0.15, 0.2) is 17.7 Å². The molecule has 5 aliphatic carbocycles. The van der Waals surface area contributed by atoms with Crippen LogP contribution in [-0.2, 0) is 52.4 Å². The number of nitrogens with zero attached hydrogens (tertiary/aromatic N) is 3. The van der Waals surface area contributed by atoms with E-state index in [1.807, 2.05) is 33.9 Å². The van der Waals surface area contributed by atoms with Gasteiger partial charge in [-0.2, -0.15) is 0 Å². The SMILES string of the molecule is CC(=O)OC1CC2C3CCC4[C@H](C)C(=O)C=CC45CC35CCC2(C)C1CC(OC=O)C(=O)/C1=C(\C)C(C)(C)OC(=O)N(CCCN(CCCCN(C)CCCNC(=O)OC(C)(C)C)C(=O)OC(C)(C)C)CC(=O)OCC1C. The molecule has 0 bridgehead atoms. The molecular formula is C59H92N4O14. The predicted octanol–water partition coefficient (Wildman–Crippen LogP) is 9.01. The van der Waals surface area contributed by atoms with Gasteiger partial charge >= 0.3 is 30.2 Å². The second-order valence-electron chi connectivity index (χ2n) is 26.1. The number of unbranched alkanes of at least 4 members (excludes halogenated alkanes) is 1. The van der Waals surface area contributed by atoms with Gasteiger partial charge in [-0.1, -0.05) is 26.8 Å². The van der Waals surface area contributed by atoms with Crippen molar-refractivity contribution in [3.63, 3.8) is 0 Å². The third kappa shape index (κ3) is 14.1. The number of allylic oxidation sites excluding steroid dienone is 2. The highest BCUT2D eigenvalue weighted by molar-refractivity contribution is 6.01. The highest BCUT2D eigenvalue weighted by Gasteiger charge is 2.79. The quantitative estimate of drug-likeness (QED) is 0.0521. The lowest BCUT2D eigenvalue weighted by Crippen LogP contribution is -2.50. The lowest BCUT2D eigenvalue weighted by molar-refractivity contribution is -0.153. The zero-order chi connectivity index (χ0) is 57.1. The molecule has 18 heteroatoms. The molecule has 1 heterocycles. The van der Waals surface area contributed by atoms with Crippen LogP contribution in [0, 0.1) is 51.8 Å². The van der Waals surface area contributed by atoms with E-state index in [1.54, 1.807) is 53.4 Å². The number of alkyl carbamates (subject to hydrolysis) is 1. The smallest absolute Gasteiger partial charge is 0.411 e. The zero-order valence-electron chi connectivity index (χ0n) is 48.8. The van der Waals surface area contributed by atoms with E-state index >= 15 is 4.79 Å². The Bertz CT molecular complexity index is 2280. The van der Waals surface area contributed by atoms with E-state index in [2.05, 4.69) is 30.1 Å². The largest absolute Gasteiger partial charge is 0.464 e. The maximum Gasteiger partial charge on any atom is 0.411 e. The van der Waals surface area contributed by atoms with Gasteiger partial charge in [0.25, 0.3) is 6.47 Å². The van der Waals surface area contributed by atoms with Crippen LogP contribution in [0.4, 0.5) is 14.4 Å². The minimum absolute atomic E-state index is 0.000461. The van der Waals surface area contributed by atoms with Crippen LogP contribution in [-0.4, -0.2) is 151 Å². The summed E-state index contributed by atoms with van der Waals surface area (Å²) in [4.78, 5) is 111. The number of carbonyl (C=O) groups excluding carboxylic acids is 8. The molecule has 10 unspecified atom stereocenters. The minimum Gasteiger partial charge on any atom is -0.464 e. The van der Waals surface area contributed by atoms with Gasteiger partial charge in [0.1, 0.15) is 29.5 Å². The number of carbonyl (C=O) groups is 8. The van der Waals surface area contributed by atoms with Gasteiger partial charge in [0.05, 0.1) is 6.61 Å². The first-order chi connectivity index (χ1) is 35.9. The summed E-state index contributed by atoms with van der Waals surface area (Å²) in [6.45, 7) is 25.6. The van der Waals surface area contributed by atoms with E-state index in [1.165, 1.54) is 11.8 Å². The molecule has 432 valence electrons. The molecule has 4 saturated carbocycles. The molecule has 0 aromatic carbocycles. The van der Waals surface area contributed by atoms with Gasteiger partial charge in [-0.05, 0) is 199 Å². The Balaban J connectivity index is 1.12. The molecule has 1 N–H and O–H groups in total. The number of ether oxygens (including phenoxy) is 6. The number of rotatable bonds is 20. The first kappa shape index (κ1) is 61.2. The monoisotopic (exact) mass is 1080 g/mol. The fourth-order valence-corrected chi connectivity index (χ4v) is 14.3. The zero-order valence-corrected chi connectivity index (χ0v) is 48.8. The molecular weight excluding hydrogens is 989 g/mol. The predicted molar refractivity (Wildman–Crippen MR) is 287 cm³/mol. The number of hydrogen-bond donors (Lipinski definition) is 1. The maximum absolute atomic E-state index is 15.2. The van der Waals surface area contributed by atoms with Crippen LogP contribution in [0.1, 0.15) is 161 Å². The molecule has 6 aliphatic rings. The van der Waals surface area contributed by atoms with E-state index < -0.39 is 77.5 Å². The molecule has 6 rings (SSSR count). The summed E-state index contributed by atoms with van der Waals surface area (Å²) in [5.74, 6) is -1.65. The first-order valence-corrected chi connectivity index (χ1v) is 28.4. The summed E-state index contributed by atoms with van der Waals surface area (Å²) in [5.41, 5.74) is -2.39. The fourth-order valence-electron chi connectivity index (χ4n) is 14.3. The second-order valence-corrected chi connectivity index (χ2v) is 26.1. The number of hydrogen-bond acceptors (Lipinski definition) is 15. The fraction of sp³-hybridized carbons (Fsp3) is 0.797. The lowest BCUT2D eigenvalue weighted by Gasteiger charge is -2.55. The molecule has 0 saturated heterocycles. The van der Waals surface area contributed by atoms with Crippen LogP contribution in [0.5, 0.6) is 0 Å². The summed E-state index contributed by atoms with van der Waals surface area (Å²) >= 11 is 0. The van der Waals surface area contributed by atoms with Gasteiger partial charge in [-0.15, -0.1) is 0 Å². The molecule has 18 nitrogen and oxygen atoms in total. The van der Waals surface area contributed by atoms with Crippen molar-refractivity contribution in [3.05, 3.63) is 23.3 Å². The normalized spacial score (nSPS) is 32.2. The lowest BCUT2D eigenvalue weighted by atomic mass is 9.49. The third-order valence-electron chi connectivity index (χ3n) is 18.3. The average molecular weight is 1080 g/mol. The Morgan fingerprint density at radius 3 is 2.21 bits per heavy atom. The number of nitrogens with one attached hydrogen (secondary N) is 1. The van der Waals surface area contributed by atoms with Gasteiger partial charge in [0.2, 0.25) is 0 Å². The average Bonchev–Trinajstić information content (AvgIpc) is 4.16. The van der Waals surface area contributed by atoms with Gasteiger partial charge in [-0.25, -0.2) is 14.4 Å². The molecule has 0 aromatic rings. The van der Waals surface area contributed by atoms with Crippen LogP contribution in [0.2, 0.25) is 0 Å². The molecule has 77 heavy (non-hydrogen) atoms. The van der Waals surface area contributed by atoms with E-state index in [0.717, 1.165) is 58.0 Å². The highest BCUT2D eigenvalue weighted by atomic mass is 16.6. The Kier molecular flexibility index (Phi) is 19.2. The van der Waals surface area contributed by atoms with Crippen LogP contribution in [0.25, 0.3) is 0 Å². The Hall–Kier alpha value is -5.00. The van der Waals surface area contributed by atoms with Crippen molar-refractivity contribution < 1.29 is 66.8 Å². The van der Waals surface area contributed by atoms with E-state index in [9.17, 15) is 33.6 Å². The molecule has 0 aromatic heterocycles. The molecule has 1 aliphatic heterocycles. The minimum atomic E-state index is -1.39. The summed E-state index contributed by atoms with van der Waals surface area (Å²) in [5, 5.41) is 2.78. The number of cyclic esters (lactones) is 2. The second kappa shape index (κ2) is 24.2. The molecule has 0 radical (unpaired) electrons. The van der Waals surface area contributed by atoms with Crippen molar-refractivity contribution in [3.8, 4) is 0 Å². The topological polar surface area (TPSA) is 214 Å². The van der Waals surface area contributed by atoms with E-state index in [4.69, 9.17) is 28.4 Å². The number of Topliss-reactive ketones (excluding diaryl/α,β-unsaturated/α-hetero) is 1. The highest BCUT2D eigenvalue weighted by Crippen LogP contribution is 2.84. The number of fused-ring (bicyclic) bond motifs is 2.